The van der Waals surface area contributed by atoms with E-state index >= 15 is 0 Å². The Balaban J connectivity index is 0.000000169. The minimum atomic E-state index is -0.481. The summed E-state index contributed by atoms with van der Waals surface area (Å²) in [5.41, 5.74) is 8.55. The summed E-state index contributed by atoms with van der Waals surface area (Å²) < 4.78 is 22.5. The van der Waals surface area contributed by atoms with E-state index in [0.29, 0.717) is 44.8 Å². The number of methoxy groups -OCH3 is 2. The van der Waals surface area contributed by atoms with Gasteiger partial charge in [0.05, 0.1) is 37.8 Å². The predicted octanol–water partition coefficient (Wildman–Crippen LogP) is 7.30. The average molecular weight is 747 g/mol. The first-order valence-corrected chi connectivity index (χ1v) is 19.9. The van der Waals surface area contributed by atoms with Crippen molar-refractivity contribution in [2.24, 2.45) is 11.8 Å². The number of hydrogen-bond acceptors (Lipinski definition) is 8. The molecule has 0 spiro atoms. The van der Waals surface area contributed by atoms with E-state index in [0.717, 1.165) is 50.4 Å². The van der Waals surface area contributed by atoms with E-state index in [4.69, 9.17) is 28.9 Å². The van der Waals surface area contributed by atoms with Crippen LogP contribution in [0.1, 0.15) is 83.4 Å². The molecular weight excluding hydrogens is 689 g/mol. The van der Waals surface area contributed by atoms with Crippen molar-refractivity contribution in [3.05, 3.63) is 130 Å². The molecule has 4 aliphatic rings. The number of ether oxygens (including phenoxy) is 4. The number of hydrogen-bond donors (Lipinski definition) is 0. The van der Waals surface area contributed by atoms with Crippen LogP contribution in [0.4, 0.5) is 0 Å². The van der Waals surface area contributed by atoms with Gasteiger partial charge in [0, 0.05) is 64.1 Å². The second-order valence-electron chi connectivity index (χ2n) is 16.2. The quantitative estimate of drug-likeness (QED) is 0.167. The molecule has 55 heavy (non-hydrogen) atoms. The van der Waals surface area contributed by atoms with Gasteiger partial charge in [-0.05, 0) is 91.1 Å². The second-order valence-corrected chi connectivity index (χ2v) is 16.2. The lowest BCUT2D eigenvalue weighted by Crippen LogP contribution is -2.50. The number of likely N-dealkylation sites (tertiary alicyclic amines) is 2. The molecule has 9 heteroatoms. The van der Waals surface area contributed by atoms with Crippen molar-refractivity contribution in [3.8, 4) is 0 Å². The molecule has 292 valence electrons. The van der Waals surface area contributed by atoms with Crippen molar-refractivity contribution in [2.75, 3.05) is 60.3 Å². The molecule has 4 unspecified atom stereocenters. The van der Waals surface area contributed by atoms with Crippen molar-refractivity contribution in [3.63, 3.8) is 0 Å². The summed E-state index contributed by atoms with van der Waals surface area (Å²) in [6.45, 7) is 15.6. The van der Waals surface area contributed by atoms with Gasteiger partial charge in [-0.25, -0.2) is 0 Å². The number of rotatable bonds is 10. The molecule has 4 aliphatic heterocycles. The SMILES string of the molecule is COC1(c2cc(C)cc(C3CCN(Cc4ccccc4)CC3C)n2)COC1.COC1(c2nccc(C)c2C2CCN(Cc3ccccc3)C(=O)C2C)COC1. The molecule has 0 saturated carbocycles. The smallest absolute Gasteiger partial charge is 0.226 e. The van der Waals surface area contributed by atoms with Gasteiger partial charge in [-0.15, -0.1) is 0 Å². The molecule has 2 aromatic heterocycles. The van der Waals surface area contributed by atoms with Crippen molar-refractivity contribution >= 4 is 5.91 Å². The minimum absolute atomic E-state index is 0.0889. The van der Waals surface area contributed by atoms with Gasteiger partial charge >= 0.3 is 0 Å². The molecule has 4 fully saturated rings. The van der Waals surface area contributed by atoms with Crippen LogP contribution in [-0.4, -0.2) is 86.0 Å². The fourth-order valence-electron chi connectivity index (χ4n) is 8.94. The summed E-state index contributed by atoms with van der Waals surface area (Å²) in [7, 11) is 3.48. The van der Waals surface area contributed by atoms with Crippen LogP contribution < -0.4 is 0 Å². The lowest BCUT2D eigenvalue weighted by atomic mass is 9.75. The van der Waals surface area contributed by atoms with Gasteiger partial charge in [0.25, 0.3) is 0 Å². The number of pyridine rings is 2. The van der Waals surface area contributed by atoms with Crippen molar-refractivity contribution < 1.29 is 23.7 Å². The number of nitrogens with zero attached hydrogens (tertiary/aromatic N) is 4. The zero-order valence-corrected chi connectivity index (χ0v) is 33.5. The van der Waals surface area contributed by atoms with Crippen molar-refractivity contribution in [1.82, 2.24) is 19.8 Å². The summed E-state index contributed by atoms with van der Waals surface area (Å²) >= 11 is 0. The average Bonchev–Trinajstić information content (AvgIpc) is 3.15. The molecular formula is C46H58N4O5. The largest absolute Gasteiger partial charge is 0.374 e. The van der Waals surface area contributed by atoms with Gasteiger partial charge in [0.2, 0.25) is 5.91 Å². The Hall–Kier alpha value is -3.99. The van der Waals surface area contributed by atoms with E-state index in [2.05, 4.69) is 87.2 Å². The molecule has 0 N–H and O–H groups in total. The first kappa shape index (κ1) is 39.3. The van der Waals surface area contributed by atoms with E-state index in [1.807, 2.05) is 35.4 Å². The van der Waals surface area contributed by atoms with Gasteiger partial charge in [-0.3, -0.25) is 19.7 Å². The lowest BCUT2D eigenvalue weighted by molar-refractivity contribution is -0.205. The Morgan fingerprint density at radius 1 is 0.782 bits per heavy atom. The number of aromatic nitrogens is 2. The minimum Gasteiger partial charge on any atom is -0.374 e. The van der Waals surface area contributed by atoms with Crippen LogP contribution in [0.15, 0.2) is 85.1 Å². The Labute approximate surface area is 327 Å². The molecule has 0 radical (unpaired) electrons. The highest BCUT2D eigenvalue weighted by atomic mass is 16.6. The maximum Gasteiger partial charge on any atom is 0.226 e. The van der Waals surface area contributed by atoms with Crippen LogP contribution in [0.25, 0.3) is 0 Å². The lowest BCUT2D eigenvalue weighted by Gasteiger charge is -2.43. The highest BCUT2D eigenvalue weighted by molar-refractivity contribution is 5.80. The Kier molecular flexibility index (Phi) is 12.1. The topological polar surface area (TPSA) is 86.3 Å². The standard InChI is InChI=1S/C23H28N2O3.C23H30N2O2/c1-16-9-11-24-21(23(27-3)14-28-15-23)20(16)19-10-12-25(22(26)17(19)2)13-18-7-5-4-6-8-18;1-17-11-21(24-22(12-17)23(26-3)15-27-16-23)20-9-10-25(13-18(20)2)14-19-7-5-4-6-8-19/h4-9,11,17,19H,10,12-15H2,1-3H3;4-8,11-12,18,20H,9-10,13-16H2,1-3H3. The zero-order chi connectivity index (χ0) is 38.6. The molecule has 8 rings (SSSR count). The molecule has 6 heterocycles. The molecule has 2 aromatic carbocycles. The van der Waals surface area contributed by atoms with Gasteiger partial charge in [0.15, 0.2) is 11.2 Å². The van der Waals surface area contributed by atoms with Gasteiger partial charge < -0.3 is 23.8 Å². The molecule has 9 nitrogen and oxygen atoms in total. The molecule has 4 atom stereocenters. The second kappa shape index (κ2) is 17.0. The van der Waals surface area contributed by atoms with Crippen LogP contribution in [0.2, 0.25) is 0 Å². The van der Waals surface area contributed by atoms with Crippen LogP contribution in [0.5, 0.6) is 0 Å². The van der Waals surface area contributed by atoms with Gasteiger partial charge in [-0.2, -0.15) is 0 Å². The highest BCUT2D eigenvalue weighted by Gasteiger charge is 2.47. The summed E-state index contributed by atoms with van der Waals surface area (Å²) in [6, 6.07) is 27.4. The third-order valence-electron chi connectivity index (χ3n) is 12.4. The fraction of sp³-hybridized carbons (Fsp3) is 0.500. The fourth-order valence-corrected chi connectivity index (χ4v) is 8.94. The van der Waals surface area contributed by atoms with E-state index in [9.17, 15) is 4.79 Å². The van der Waals surface area contributed by atoms with Crippen molar-refractivity contribution in [2.45, 2.75) is 76.7 Å². The van der Waals surface area contributed by atoms with E-state index in [1.165, 1.54) is 33.5 Å². The Morgan fingerprint density at radius 3 is 1.98 bits per heavy atom. The first-order chi connectivity index (χ1) is 26.6. The molecule has 4 aromatic rings. The Morgan fingerprint density at radius 2 is 1.40 bits per heavy atom. The number of carbonyl (C=O) groups excluding carboxylic acids is 1. The summed E-state index contributed by atoms with van der Waals surface area (Å²) in [4.78, 5) is 27.5. The van der Waals surface area contributed by atoms with Crippen LogP contribution >= 0.6 is 0 Å². The molecule has 0 aliphatic carbocycles. The summed E-state index contributed by atoms with van der Waals surface area (Å²) in [5.74, 6) is 1.36. The maximum absolute atomic E-state index is 13.2. The molecule has 4 saturated heterocycles. The zero-order valence-electron chi connectivity index (χ0n) is 33.5. The maximum atomic E-state index is 13.2. The van der Waals surface area contributed by atoms with Gasteiger partial charge in [0.1, 0.15) is 0 Å². The van der Waals surface area contributed by atoms with Gasteiger partial charge in [-0.1, -0.05) is 74.5 Å². The highest BCUT2D eigenvalue weighted by Crippen LogP contribution is 2.43. The van der Waals surface area contributed by atoms with E-state index < -0.39 is 5.60 Å². The van der Waals surface area contributed by atoms with Crippen molar-refractivity contribution in [1.29, 1.82) is 0 Å². The molecule has 1 amide bonds. The van der Waals surface area contributed by atoms with Crippen LogP contribution in [0.3, 0.4) is 0 Å². The number of amides is 1. The summed E-state index contributed by atoms with van der Waals surface area (Å²) in [6.07, 6.45) is 3.92. The van der Waals surface area contributed by atoms with Crippen LogP contribution in [-0.2, 0) is 48.0 Å². The first-order valence-electron chi connectivity index (χ1n) is 19.9. The number of benzene rings is 2. The normalized spacial score (nSPS) is 24.6. The Bertz CT molecular complexity index is 1890. The number of piperidine rings is 2. The third kappa shape index (κ3) is 8.28. The van der Waals surface area contributed by atoms with Crippen LogP contribution in [0, 0.1) is 25.7 Å². The monoisotopic (exact) mass is 746 g/mol. The molecule has 0 bridgehead atoms. The van der Waals surface area contributed by atoms with E-state index in [-0.39, 0.29) is 23.3 Å². The number of carbonyl (C=O) groups is 1. The predicted molar refractivity (Wildman–Crippen MR) is 214 cm³/mol. The summed E-state index contributed by atoms with van der Waals surface area (Å²) in [5, 5.41) is 0. The van der Waals surface area contributed by atoms with E-state index in [1.54, 1.807) is 14.2 Å². The number of aryl methyl sites for hydroxylation is 2. The third-order valence-corrected chi connectivity index (χ3v) is 12.4.